The highest BCUT2D eigenvalue weighted by molar-refractivity contribution is 6.01. The summed E-state index contributed by atoms with van der Waals surface area (Å²) in [5.74, 6) is -0.972. The number of amides is 2. The Morgan fingerprint density at radius 1 is 0.917 bits per heavy atom. The van der Waals surface area contributed by atoms with Crippen molar-refractivity contribution in [3.63, 3.8) is 0 Å². The third-order valence-corrected chi connectivity index (χ3v) is 4.38. The summed E-state index contributed by atoms with van der Waals surface area (Å²) < 4.78 is 0. The number of carbonyl (C=O) groups is 2. The van der Waals surface area contributed by atoms with Crippen LogP contribution in [0.1, 0.15) is 50.2 Å². The molecule has 0 aromatic heterocycles. The second kappa shape index (κ2) is 6.74. The Morgan fingerprint density at radius 2 is 1.50 bits per heavy atom. The molecule has 5 nitrogen and oxygen atoms in total. The molecule has 0 bridgehead atoms. The minimum Gasteiger partial charge on any atom is -0.507 e. The molecule has 0 fully saturated rings. The van der Waals surface area contributed by atoms with Crippen molar-refractivity contribution in [3.05, 3.63) is 64.2 Å². The van der Waals surface area contributed by atoms with Gasteiger partial charge in [0, 0.05) is 5.56 Å². The average Bonchev–Trinajstić information content (AvgIpc) is 2.59. The fourth-order valence-electron chi connectivity index (χ4n) is 3.03. The molecule has 2 aromatic rings. The van der Waals surface area contributed by atoms with Crippen molar-refractivity contribution in [1.29, 1.82) is 0 Å². The van der Waals surface area contributed by atoms with E-state index >= 15 is 0 Å². The maximum Gasteiger partial charge on any atom is 0.273 e. The van der Waals surface area contributed by atoms with Gasteiger partial charge in [-0.1, -0.05) is 18.2 Å². The fraction of sp³-hybridized carbons (Fsp3) is 0.263. The molecule has 0 atom stereocenters. The lowest BCUT2D eigenvalue weighted by atomic mass is 9.90. The van der Waals surface area contributed by atoms with Crippen molar-refractivity contribution >= 4 is 11.8 Å². The van der Waals surface area contributed by atoms with E-state index < -0.39 is 5.91 Å². The van der Waals surface area contributed by atoms with Crippen LogP contribution in [0.2, 0.25) is 0 Å². The monoisotopic (exact) mass is 324 g/mol. The SMILES string of the molecule is Cc1ccccc1C(=O)NNC(=O)c1cc2c(cc1O)CCCC2. The normalized spacial score (nSPS) is 13.0. The topological polar surface area (TPSA) is 78.4 Å². The van der Waals surface area contributed by atoms with E-state index in [1.54, 1.807) is 24.3 Å². The quantitative estimate of drug-likeness (QED) is 0.743. The maximum absolute atomic E-state index is 12.3. The Balaban J connectivity index is 1.71. The molecular weight excluding hydrogens is 304 g/mol. The van der Waals surface area contributed by atoms with Gasteiger partial charge in [0.25, 0.3) is 11.8 Å². The molecule has 3 N–H and O–H groups in total. The van der Waals surface area contributed by atoms with Crippen LogP contribution >= 0.6 is 0 Å². The number of aromatic hydroxyl groups is 1. The molecule has 5 heteroatoms. The predicted octanol–water partition coefficient (Wildman–Crippen LogP) is 2.65. The smallest absolute Gasteiger partial charge is 0.273 e. The highest BCUT2D eigenvalue weighted by Gasteiger charge is 2.18. The number of hydrazine groups is 1. The molecule has 0 saturated carbocycles. The average molecular weight is 324 g/mol. The molecule has 2 amide bonds. The molecule has 0 aliphatic heterocycles. The Morgan fingerprint density at radius 3 is 2.17 bits per heavy atom. The van der Waals surface area contributed by atoms with E-state index in [9.17, 15) is 14.7 Å². The van der Waals surface area contributed by atoms with E-state index in [4.69, 9.17) is 0 Å². The molecule has 1 aliphatic carbocycles. The first-order valence-electron chi connectivity index (χ1n) is 8.07. The van der Waals surface area contributed by atoms with Gasteiger partial charge in [0.05, 0.1) is 5.56 Å². The Kier molecular flexibility index (Phi) is 4.51. The molecule has 24 heavy (non-hydrogen) atoms. The van der Waals surface area contributed by atoms with Crippen LogP contribution in [0.3, 0.4) is 0 Å². The van der Waals surface area contributed by atoms with Crippen LogP contribution in [0, 0.1) is 6.92 Å². The molecule has 0 spiro atoms. The lowest BCUT2D eigenvalue weighted by Crippen LogP contribution is -2.42. The van der Waals surface area contributed by atoms with E-state index in [2.05, 4.69) is 10.9 Å². The van der Waals surface area contributed by atoms with Crippen molar-refractivity contribution < 1.29 is 14.7 Å². The zero-order valence-electron chi connectivity index (χ0n) is 13.6. The third kappa shape index (κ3) is 3.25. The van der Waals surface area contributed by atoms with Gasteiger partial charge in [0.2, 0.25) is 0 Å². The number of rotatable bonds is 2. The summed E-state index contributed by atoms with van der Waals surface area (Å²) >= 11 is 0. The van der Waals surface area contributed by atoms with Crippen molar-refractivity contribution in [1.82, 2.24) is 10.9 Å². The van der Waals surface area contributed by atoms with E-state index in [-0.39, 0.29) is 17.2 Å². The summed E-state index contributed by atoms with van der Waals surface area (Å²) in [7, 11) is 0. The summed E-state index contributed by atoms with van der Waals surface area (Å²) in [5.41, 5.74) is 8.45. The van der Waals surface area contributed by atoms with Crippen LogP contribution < -0.4 is 10.9 Å². The second-order valence-electron chi connectivity index (χ2n) is 6.07. The van der Waals surface area contributed by atoms with Crippen molar-refractivity contribution in [2.24, 2.45) is 0 Å². The van der Waals surface area contributed by atoms with E-state index in [0.29, 0.717) is 5.56 Å². The lowest BCUT2D eigenvalue weighted by molar-refractivity contribution is 0.0844. The number of phenolic OH excluding ortho intramolecular Hbond substituents is 1. The van der Waals surface area contributed by atoms with Crippen LogP contribution in [0.5, 0.6) is 5.75 Å². The number of fused-ring (bicyclic) bond motifs is 1. The number of hydrogen-bond acceptors (Lipinski definition) is 3. The third-order valence-electron chi connectivity index (χ3n) is 4.38. The van der Waals surface area contributed by atoms with Crippen LogP contribution in [0.15, 0.2) is 36.4 Å². The van der Waals surface area contributed by atoms with Gasteiger partial charge in [-0.25, -0.2) is 0 Å². The molecule has 0 saturated heterocycles. The number of benzene rings is 2. The van der Waals surface area contributed by atoms with Crippen LogP contribution in [0.25, 0.3) is 0 Å². The molecule has 0 heterocycles. The van der Waals surface area contributed by atoms with Gasteiger partial charge >= 0.3 is 0 Å². The Bertz CT molecular complexity index is 799. The minimum atomic E-state index is -0.525. The largest absolute Gasteiger partial charge is 0.507 e. The van der Waals surface area contributed by atoms with Gasteiger partial charge in [-0.2, -0.15) is 0 Å². The highest BCUT2D eigenvalue weighted by atomic mass is 16.3. The van der Waals surface area contributed by atoms with Crippen molar-refractivity contribution in [2.75, 3.05) is 0 Å². The van der Waals surface area contributed by atoms with E-state index in [0.717, 1.165) is 42.4 Å². The molecule has 0 radical (unpaired) electrons. The van der Waals surface area contributed by atoms with E-state index in [1.807, 2.05) is 19.1 Å². The summed E-state index contributed by atoms with van der Waals surface area (Å²) in [4.78, 5) is 24.4. The molecule has 124 valence electrons. The van der Waals surface area contributed by atoms with Gasteiger partial charge in [0.1, 0.15) is 5.75 Å². The number of phenols is 1. The van der Waals surface area contributed by atoms with Crippen LogP contribution in [-0.2, 0) is 12.8 Å². The zero-order chi connectivity index (χ0) is 17.1. The van der Waals surface area contributed by atoms with Gasteiger partial charge in [-0.15, -0.1) is 0 Å². The minimum absolute atomic E-state index is 0.0571. The van der Waals surface area contributed by atoms with Crippen molar-refractivity contribution in [3.8, 4) is 5.75 Å². The number of hydrogen-bond donors (Lipinski definition) is 3. The van der Waals surface area contributed by atoms with Gasteiger partial charge in [0.15, 0.2) is 0 Å². The Hall–Kier alpha value is -2.82. The Labute approximate surface area is 140 Å². The standard InChI is InChI=1S/C19H20N2O3/c1-12-6-2-5-9-15(12)18(23)20-21-19(24)16-10-13-7-3-4-8-14(13)11-17(16)22/h2,5-6,9-11,22H,3-4,7-8H2,1H3,(H,20,23)(H,21,24). The van der Waals surface area contributed by atoms with Gasteiger partial charge in [-0.05, 0) is 67.5 Å². The lowest BCUT2D eigenvalue weighted by Gasteiger charge is -2.17. The first-order valence-corrected chi connectivity index (χ1v) is 8.07. The maximum atomic E-state index is 12.3. The van der Waals surface area contributed by atoms with Crippen molar-refractivity contribution in [2.45, 2.75) is 32.6 Å². The predicted molar refractivity (Wildman–Crippen MR) is 90.9 cm³/mol. The first kappa shape index (κ1) is 16.1. The molecule has 3 rings (SSSR count). The number of carbonyl (C=O) groups excluding carboxylic acids is 2. The summed E-state index contributed by atoms with van der Waals surface area (Å²) in [6, 6.07) is 10.5. The molecular formula is C19H20N2O3. The van der Waals surface area contributed by atoms with Gasteiger partial charge < -0.3 is 5.11 Å². The fourth-order valence-corrected chi connectivity index (χ4v) is 3.03. The first-order chi connectivity index (χ1) is 11.6. The number of aryl methyl sites for hydroxylation is 3. The summed E-state index contributed by atoms with van der Waals surface area (Å²) in [6.07, 6.45) is 4.02. The number of nitrogens with one attached hydrogen (secondary N) is 2. The zero-order valence-corrected chi connectivity index (χ0v) is 13.6. The van der Waals surface area contributed by atoms with Crippen LogP contribution in [0.4, 0.5) is 0 Å². The molecule has 0 unspecified atom stereocenters. The summed E-state index contributed by atoms with van der Waals surface area (Å²) in [5, 5.41) is 10.1. The van der Waals surface area contributed by atoms with E-state index in [1.165, 1.54) is 0 Å². The molecule has 2 aromatic carbocycles. The molecule has 1 aliphatic rings. The van der Waals surface area contributed by atoms with Gasteiger partial charge in [-0.3, -0.25) is 20.4 Å². The summed E-state index contributed by atoms with van der Waals surface area (Å²) in [6.45, 7) is 1.83. The van der Waals surface area contributed by atoms with Crippen LogP contribution in [-0.4, -0.2) is 16.9 Å². The second-order valence-corrected chi connectivity index (χ2v) is 6.07. The highest BCUT2D eigenvalue weighted by Crippen LogP contribution is 2.28.